The molecule has 1 fully saturated rings. The molecule has 1 aromatic heterocycles. The smallest absolute Gasteiger partial charge is 0.258 e. The Hall–Kier alpha value is -1.93. The van der Waals surface area contributed by atoms with Gasteiger partial charge in [0.1, 0.15) is 5.56 Å². The van der Waals surface area contributed by atoms with Gasteiger partial charge in [0.2, 0.25) is 11.8 Å². The van der Waals surface area contributed by atoms with Crippen molar-refractivity contribution in [2.75, 3.05) is 45.7 Å². The average Bonchev–Trinajstić information content (AvgIpc) is 2.95. The Morgan fingerprint density at radius 2 is 2.00 bits per heavy atom. The second kappa shape index (κ2) is 7.37. The maximum absolute atomic E-state index is 12.4. The van der Waals surface area contributed by atoms with Crippen molar-refractivity contribution in [1.29, 1.82) is 0 Å². The molecule has 8 heteroatoms. The van der Waals surface area contributed by atoms with Gasteiger partial charge in [-0.05, 0) is 0 Å². The zero-order valence-electron chi connectivity index (χ0n) is 13.6. The standard InChI is InChI=1S/C14H24N6O2/c1-5-19-8-10(9-20(19)6-2)17-12(21)11-7-16-14(15-3)18-13(11)22-4/h7,10H,5-6,8-9H2,1-4H3,(H,17,21)(H,15,16,18). The van der Waals surface area contributed by atoms with Crippen molar-refractivity contribution in [2.45, 2.75) is 19.9 Å². The monoisotopic (exact) mass is 308 g/mol. The normalized spacial score (nSPS) is 16.7. The van der Waals surface area contributed by atoms with Crippen molar-refractivity contribution in [3.8, 4) is 5.88 Å². The fraction of sp³-hybridized carbons (Fsp3) is 0.643. The summed E-state index contributed by atoms with van der Waals surface area (Å²) in [6, 6.07) is 0.0843. The summed E-state index contributed by atoms with van der Waals surface area (Å²) in [6.45, 7) is 7.72. The molecule has 0 atom stereocenters. The number of anilines is 1. The summed E-state index contributed by atoms with van der Waals surface area (Å²) in [5, 5.41) is 10.3. The molecule has 0 unspecified atom stereocenters. The first kappa shape index (κ1) is 16.4. The van der Waals surface area contributed by atoms with E-state index in [0.717, 1.165) is 26.2 Å². The van der Waals surface area contributed by atoms with E-state index in [1.807, 2.05) is 0 Å². The third-order valence-corrected chi connectivity index (χ3v) is 3.74. The number of hydrazine groups is 1. The number of carbonyl (C=O) groups is 1. The van der Waals surface area contributed by atoms with Gasteiger partial charge in [0, 0.05) is 39.4 Å². The number of nitrogens with zero attached hydrogens (tertiary/aromatic N) is 4. The highest BCUT2D eigenvalue weighted by atomic mass is 16.5. The van der Waals surface area contributed by atoms with Gasteiger partial charge < -0.3 is 15.4 Å². The van der Waals surface area contributed by atoms with Crippen LogP contribution < -0.4 is 15.4 Å². The SMILES string of the molecule is CCN1CC(NC(=O)c2cnc(NC)nc2OC)CN1CC. The van der Waals surface area contributed by atoms with E-state index in [4.69, 9.17) is 4.74 Å². The molecule has 0 bridgehead atoms. The van der Waals surface area contributed by atoms with Gasteiger partial charge in [-0.3, -0.25) is 4.79 Å². The second-order valence-electron chi connectivity index (χ2n) is 5.05. The summed E-state index contributed by atoms with van der Waals surface area (Å²) in [5.74, 6) is 0.483. The van der Waals surface area contributed by atoms with E-state index in [1.165, 1.54) is 13.3 Å². The molecule has 0 aromatic carbocycles. The van der Waals surface area contributed by atoms with Crippen LogP contribution in [-0.4, -0.2) is 72.3 Å². The first-order valence-electron chi connectivity index (χ1n) is 7.52. The van der Waals surface area contributed by atoms with Gasteiger partial charge in [-0.15, -0.1) is 0 Å². The van der Waals surface area contributed by atoms with Gasteiger partial charge in [0.25, 0.3) is 5.91 Å². The minimum absolute atomic E-state index is 0.0843. The number of rotatable bonds is 6. The molecule has 1 amide bonds. The Bertz CT molecular complexity index is 512. The number of methoxy groups -OCH3 is 1. The minimum Gasteiger partial charge on any atom is -0.480 e. The van der Waals surface area contributed by atoms with Crippen LogP contribution >= 0.6 is 0 Å². The molecule has 2 rings (SSSR count). The molecule has 122 valence electrons. The number of aromatic nitrogens is 2. The van der Waals surface area contributed by atoms with Crippen LogP contribution in [0.15, 0.2) is 6.20 Å². The molecular weight excluding hydrogens is 284 g/mol. The van der Waals surface area contributed by atoms with Crippen LogP contribution in [0.4, 0.5) is 5.95 Å². The van der Waals surface area contributed by atoms with E-state index in [0.29, 0.717) is 11.5 Å². The van der Waals surface area contributed by atoms with Gasteiger partial charge in [-0.1, -0.05) is 13.8 Å². The van der Waals surface area contributed by atoms with Crippen LogP contribution in [0.1, 0.15) is 24.2 Å². The Kier molecular flexibility index (Phi) is 5.51. The third kappa shape index (κ3) is 3.45. The van der Waals surface area contributed by atoms with E-state index in [9.17, 15) is 4.79 Å². The maximum atomic E-state index is 12.4. The number of nitrogens with one attached hydrogen (secondary N) is 2. The molecule has 0 aliphatic carbocycles. The van der Waals surface area contributed by atoms with E-state index in [1.54, 1.807) is 7.05 Å². The second-order valence-corrected chi connectivity index (χ2v) is 5.05. The molecule has 1 aromatic rings. The maximum Gasteiger partial charge on any atom is 0.258 e. The number of ether oxygens (including phenoxy) is 1. The Labute approximate surface area is 130 Å². The molecule has 0 radical (unpaired) electrons. The summed E-state index contributed by atoms with van der Waals surface area (Å²) in [5.41, 5.74) is 0.347. The number of amides is 1. The number of likely N-dealkylation sites (N-methyl/N-ethyl adjacent to an activating group) is 2. The molecule has 0 spiro atoms. The van der Waals surface area contributed by atoms with Crippen molar-refractivity contribution < 1.29 is 9.53 Å². The first-order chi connectivity index (χ1) is 10.6. The van der Waals surface area contributed by atoms with Crippen LogP contribution in [0, 0.1) is 0 Å². The van der Waals surface area contributed by atoms with Gasteiger partial charge in [-0.2, -0.15) is 4.98 Å². The molecule has 22 heavy (non-hydrogen) atoms. The van der Waals surface area contributed by atoms with E-state index >= 15 is 0 Å². The van der Waals surface area contributed by atoms with Crippen molar-refractivity contribution in [3.63, 3.8) is 0 Å². The molecule has 8 nitrogen and oxygen atoms in total. The topological polar surface area (TPSA) is 82.6 Å². The molecule has 1 aliphatic rings. The van der Waals surface area contributed by atoms with E-state index in [2.05, 4.69) is 44.5 Å². The fourth-order valence-electron chi connectivity index (χ4n) is 2.61. The van der Waals surface area contributed by atoms with Gasteiger partial charge in [-0.25, -0.2) is 15.0 Å². The largest absolute Gasteiger partial charge is 0.480 e. The summed E-state index contributed by atoms with van der Waals surface area (Å²) in [6.07, 6.45) is 1.48. The quantitative estimate of drug-likeness (QED) is 0.776. The Balaban J connectivity index is 2.07. The average molecular weight is 308 g/mol. The van der Waals surface area contributed by atoms with E-state index < -0.39 is 0 Å². The Morgan fingerprint density at radius 1 is 1.36 bits per heavy atom. The van der Waals surface area contributed by atoms with Crippen molar-refractivity contribution >= 4 is 11.9 Å². The highest BCUT2D eigenvalue weighted by molar-refractivity contribution is 5.96. The lowest BCUT2D eigenvalue weighted by molar-refractivity contribution is 0.0388. The lowest BCUT2D eigenvalue weighted by Gasteiger charge is -2.24. The molecule has 2 heterocycles. The van der Waals surface area contributed by atoms with Crippen LogP contribution in [-0.2, 0) is 0 Å². The van der Waals surface area contributed by atoms with Crippen LogP contribution in [0.3, 0.4) is 0 Å². The summed E-state index contributed by atoms with van der Waals surface area (Å²) < 4.78 is 5.19. The predicted molar refractivity (Wildman–Crippen MR) is 83.9 cm³/mol. The lowest BCUT2D eigenvalue weighted by atomic mass is 10.2. The summed E-state index contributed by atoms with van der Waals surface area (Å²) in [7, 11) is 3.21. The number of carbonyl (C=O) groups excluding carboxylic acids is 1. The highest BCUT2D eigenvalue weighted by Gasteiger charge is 2.29. The van der Waals surface area contributed by atoms with Gasteiger partial charge >= 0.3 is 0 Å². The highest BCUT2D eigenvalue weighted by Crippen LogP contribution is 2.17. The summed E-state index contributed by atoms with van der Waals surface area (Å²) >= 11 is 0. The fourth-order valence-corrected chi connectivity index (χ4v) is 2.61. The molecule has 0 saturated carbocycles. The van der Waals surface area contributed by atoms with Crippen molar-refractivity contribution in [1.82, 2.24) is 25.3 Å². The van der Waals surface area contributed by atoms with Crippen LogP contribution in [0.5, 0.6) is 5.88 Å². The van der Waals surface area contributed by atoms with E-state index in [-0.39, 0.29) is 17.8 Å². The predicted octanol–water partition coefficient (Wildman–Crippen LogP) is 0.198. The number of hydrogen-bond acceptors (Lipinski definition) is 7. The molecule has 2 N–H and O–H groups in total. The summed E-state index contributed by atoms with van der Waals surface area (Å²) in [4.78, 5) is 20.7. The Morgan fingerprint density at radius 3 is 2.50 bits per heavy atom. The number of hydrogen-bond donors (Lipinski definition) is 2. The lowest BCUT2D eigenvalue weighted by Crippen LogP contribution is -2.39. The van der Waals surface area contributed by atoms with Gasteiger partial charge in [0.15, 0.2) is 0 Å². The minimum atomic E-state index is -0.210. The van der Waals surface area contributed by atoms with Crippen molar-refractivity contribution in [2.24, 2.45) is 0 Å². The van der Waals surface area contributed by atoms with Crippen LogP contribution in [0.25, 0.3) is 0 Å². The zero-order chi connectivity index (χ0) is 16.1. The van der Waals surface area contributed by atoms with Gasteiger partial charge in [0.05, 0.1) is 13.2 Å². The molecule has 1 aliphatic heterocycles. The zero-order valence-corrected chi connectivity index (χ0v) is 13.6. The molecular formula is C14H24N6O2. The molecule has 1 saturated heterocycles. The van der Waals surface area contributed by atoms with Crippen molar-refractivity contribution in [3.05, 3.63) is 11.8 Å². The first-order valence-corrected chi connectivity index (χ1v) is 7.52. The van der Waals surface area contributed by atoms with Crippen LogP contribution in [0.2, 0.25) is 0 Å². The third-order valence-electron chi connectivity index (χ3n) is 3.74.